The molecule has 0 aliphatic carbocycles. The van der Waals surface area contributed by atoms with Crippen LogP contribution in [0.3, 0.4) is 0 Å². The van der Waals surface area contributed by atoms with Crippen molar-refractivity contribution >= 4 is 17.4 Å². The maximum absolute atomic E-state index is 5.89. The highest BCUT2D eigenvalue weighted by Crippen LogP contribution is 2.27. The molecule has 13 heavy (non-hydrogen) atoms. The Hall–Kier alpha value is -0.630. The summed E-state index contributed by atoms with van der Waals surface area (Å²) in [7, 11) is 0. The summed E-state index contributed by atoms with van der Waals surface area (Å²) >= 11 is 1.84. The third kappa shape index (κ3) is 3.31. The molecule has 0 heterocycles. The summed E-state index contributed by atoms with van der Waals surface area (Å²) in [6.45, 7) is 6.50. The molecule has 1 rings (SSSR count). The molecule has 0 aromatic heterocycles. The predicted octanol–water partition coefficient (Wildman–Crippen LogP) is 3.33. The Morgan fingerprint density at radius 2 is 2.08 bits per heavy atom. The van der Waals surface area contributed by atoms with E-state index in [1.54, 1.807) is 0 Å². The molecule has 0 saturated carbocycles. The van der Waals surface area contributed by atoms with Gasteiger partial charge in [0.1, 0.15) is 0 Å². The number of nitrogen functional groups attached to an aromatic ring is 1. The minimum Gasteiger partial charge on any atom is -0.398 e. The number of anilines is 1. The monoisotopic (exact) mass is 195 g/mol. The van der Waals surface area contributed by atoms with Crippen LogP contribution in [0.15, 0.2) is 23.1 Å². The minimum atomic E-state index is 0.714. The van der Waals surface area contributed by atoms with E-state index in [1.807, 2.05) is 17.8 Å². The number of aryl methyl sites for hydroxylation is 1. The van der Waals surface area contributed by atoms with E-state index in [1.165, 1.54) is 10.5 Å². The lowest BCUT2D eigenvalue weighted by Gasteiger charge is -2.07. The molecule has 0 bridgehead atoms. The highest BCUT2D eigenvalue weighted by Gasteiger charge is 2.01. The SMILES string of the molecule is Cc1ccc(SCC(C)C)c(N)c1. The van der Waals surface area contributed by atoms with Gasteiger partial charge in [-0.1, -0.05) is 19.9 Å². The van der Waals surface area contributed by atoms with Crippen molar-refractivity contribution in [3.8, 4) is 0 Å². The normalized spacial score (nSPS) is 10.8. The molecule has 0 radical (unpaired) electrons. The van der Waals surface area contributed by atoms with Gasteiger partial charge in [0.2, 0.25) is 0 Å². The van der Waals surface area contributed by atoms with Crippen LogP contribution in [0, 0.1) is 12.8 Å². The van der Waals surface area contributed by atoms with Gasteiger partial charge < -0.3 is 5.73 Å². The minimum absolute atomic E-state index is 0.714. The molecule has 2 N–H and O–H groups in total. The summed E-state index contributed by atoms with van der Waals surface area (Å²) in [5, 5.41) is 0. The smallest absolute Gasteiger partial charge is 0.0454 e. The quantitative estimate of drug-likeness (QED) is 0.591. The van der Waals surface area contributed by atoms with E-state index in [2.05, 4.69) is 32.9 Å². The van der Waals surface area contributed by atoms with Crippen LogP contribution in [0.2, 0.25) is 0 Å². The molecule has 1 aromatic carbocycles. The lowest BCUT2D eigenvalue weighted by molar-refractivity contribution is 0.750. The number of nitrogens with two attached hydrogens (primary N) is 1. The van der Waals surface area contributed by atoms with Crippen LogP contribution >= 0.6 is 11.8 Å². The molecule has 0 amide bonds. The van der Waals surface area contributed by atoms with E-state index in [-0.39, 0.29) is 0 Å². The molecule has 0 aliphatic rings. The molecule has 2 heteroatoms. The first kappa shape index (κ1) is 10.5. The Bertz CT molecular complexity index is 281. The third-order valence-electron chi connectivity index (χ3n) is 1.74. The van der Waals surface area contributed by atoms with Crippen molar-refractivity contribution in [3.05, 3.63) is 23.8 Å². The van der Waals surface area contributed by atoms with E-state index >= 15 is 0 Å². The first-order valence-electron chi connectivity index (χ1n) is 4.58. The molecule has 72 valence electrons. The molecular formula is C11H17NS. The standard InChI is InChI=1S/C11H17NS/c1-8(2)7-13-11-5-4-9(3)6-10(11)12/h4-6,8H,7,12H2,1-3H3. The van der Waals surface area contributed by atoms with Gasteiger partial charge in [-0.15, -0.1) is 11.8 Å². The second-order valence-electron chi connectivity index (χ2n) is 3.75. The van der Waals surface area contributed by atoms with Crippen molar-refractivity contribution in [2.45, 2.75) is 25.7 Å². The van der Waals surface area contributed by atoms with E-state index in [9.17, 15) is 0 Å². The summed E-state index contributed by atoms with van der Waals surface area (Å²) in [4.78, 5) is 1.21. The van der Waals surface area contributed by atoms with E-state index in [0.29, 0.717) is 5.92 Å². The Kier molecular flexibility index (Phi) is 3.67. The summed E-state index contributed by atoms with van der Waals surface area (Å²) in [6, 6.07) is 6.25. The second kappa shape index (κ2) is 4.56. The first-order valence-corrected chi connectivity index (χ1v) is 5.57. The van der Waals surface area contributed by atoms with Crippen LogP contribution in [-0.2, 0) is 0 Å². The zero-order valence-corrected chi connectivity index (χ0v) is 9.32. The topological polar surface area (TPSA) is 26.0 Å². The van der Waals surface area contributed by atoms with Gasteiger partial charge in [-0.2, -0.15) is 0 Å². The average molecular weight is 195 g/mol. The molecule has 0 unspecified atom stereocenters. The van der Waals surface area contributed by atoms with Gasteiger partial charge in [-0.05, 0) is 30.5 Å². The lowest BCUT2D eigenvalue weighted by atomic mass is 10.2. The van der Waals surface area contributed by atoms with Crippen molar-refractivity contribution in [2.24, 2.45) is 5.92 Å². The highest BCUT2D eigenvalue weighted by atomic mass is 32.2. The van der Waals surface area contributed by atoms with Crippen LogP contribution in [0.4, 0.5) is 5.69 Å². The predicted molar refractivity (Wildman–Crippen MR) is 61.2 cm³/mol. The fourth-order valence-corrected chi connectivity index (χ4v) is 1.96. The van der Waals surface area contributed by atoms with Crippen molar-refractivity contribution in [3.63, 3.8) is 0 Å². The number of rotatable bonds is 3. The maximum atomic E-state index is 5.89. The van der Waals surface area contributed by atoms with Gasteiger partial charge in [-0.3, -0.25) is 0 Å². The lowest BCUT2D eigenvalue weighted by Crippen LogP contribution is -1.94. The molecule has 1 aromatic rings. The van der Waals surface area contributed by atoms with Crippen LogP contribution in [0.25, 0.3) is 0 Å². The molecule has 0 fully saturated rings. The van der Waals surface area contributed by atoms with Gasteiger partial charge in [-0.25, -0.2) is 0 Å². The Morgan fingerprint density at radius 1 is 1.38 bits per heavy atom. The zero-order chi connectivity index (χ0) is 9.84. The molecule has 0 atom stereocenters. The highest BCUT2D eigenvalue weighted by molar-refractivity contribution is 7.99. The third-order valence-corrected chi connectivity index (χ3v) is 3.25. The molecular weight excluding hydrogens is 178 g/mol. The van der Waals surface area contributed by atoms with Gasteiger partial charge in [0.25, 0.3) is 0 Å². The van der Waals surface area contributed by atoms with Crippen LogP contribution in [0.5, 0.6) is 0 Å². The number of thioether (sulfide) groups is 1. The van der Waals surface area contributed by atoms with Crippen LogP contribution in [0.1, 0.15) is 19.4 Å². The fraction of sp³-hybridized carbons (Fsp3) is 0.455. The van der Waals surface area contributed by atoms with Crippen molar-refractivity contribution in [2.75, 3.05) is 11.5 Å². The van der Waals surface area contributed by atoms with Gasteiger partial charge in [0.15, 0.2) is 0 Å². The van der Waals surface area contributed by atoms with Gasteiger partial charge in [0, 0.05) is 16.3 Å². The number of hydrogen-bond donors (Lipinski definition) is 1. The maximum Gasteiger partial charge on any atom is 0.0454 e. The Labute approximate surface area is 84.7 Å². The van der Waals surface area contributed by atoms with E-state index < -0.39 is 0 Å². The fourth-order valence-electron chi connectivity index (χ4n) is 1.06. The largest absolute Gasteiger partial charge is 0.398 e. The Balaban J connectivity index is 2.67. The Morgan fingerprint density at radius 3 is 2.62 bits per heavy atom. The van der Waals surface area contributed by atoms with Crippen molar-refractivity contribution < 1.29 is 0 Å². The number of benzene rings is 1. The van der Waals surface area contributed by atoms with Crippen LogP contribution in [-0.4, -0.2) is 5.75 Å². The van der Waals surface area contributed by atoms with Gasteiger partial charge >= 0.3 is 0 Å². The molecule has 1 nitrogen and oxygen atoms in total. The zero-order valence-electron chi connectivity index (χ0n) is 8.50. The molecule has 0 saturated heterocycles. The molecule has 0 spiro atoms. The van der Waals surface area contributed by atoms with Crippen LogP contribution < -0.4 is 5.73 Å². The average Bonchev–Trinajstić information content (AvgIpc) is 2.02. The summed E-state index contributed by atoms with van der Waals surface area (Å²) < 4.78 is 0. The second-order valence-corrected chi connectivity index (χ2v) is 4.81. The summed E-state index contributed by atoms with van der Waals surface area (Å²) in [5.41, 5.74) is 8.02. The number of hydrogen-bond acceptors (Lipinski definition) is 2. The summed E-state index contributed by atoms with van der Waals surface area (Å²) in [5.74, 6) is 1.85. The van der Waals surface area contributed by atoms with E-state index in [0.717, 1.165) is 11.4 Å². The van der Waals surface area contributed by atoms with Gasteiger partial charge in [0.05, 0.1) is 0 Å². The van der Waals surface area contributed by atoms with Crippen molar-refractivity contribution in [1.29, 1.82) is 0 Å². The first-order chi connectivity index (χ1) is 6.09. The van der Waals surface area contributed by atoms with E-state index in [4.69, 9.17) is 5.73 Å². The van der Waals surface area contributed by atoms with Crippen molar-refractivity contribution in [1.82, 2.24) is 0 Å². The molecule has 0 aliphatic heterocycles. The summed E-state index contributed by atoms with van der Waals surface area (Å²) in [6.07, 6.45) is 0.